The lowest BCUT2D eigenvalue weighted by Crippen LogP contribution is -2.33. The van der Waals surface area contributed by atoms with Gasteiger partial charge < -0.3 is 9.88 Å². The minimum Gasteiger partial charge on any atom is -0.350 e. The Morgan fingerprint density at radius 2 is 1.93 bits per heavy atom. The van der Waals surface area contributed by atoms with Crippen molar-refractivity contribution >= 4 is 39.6 Å². The molecular formula is C22H21ClN4O2S. The fourth-order valence-corrected chi connectivity index (χ4v) is 4.33. The Morgan fingerprint density at radius 1 is 1.17 bits per heavy atom. The second-order valence-corrected chi connectivity index (χ2v) is 8.60. The minimum atomic E-state index is -0.255. The molecule has 0 saturated heterocycles. The van der Waals surface area contributed by atoms with Crippen molar-refractivity contribution in [1.29, 1.82) is 0 Å². The molecule has 3 heterocycles. The molecule has 0 spiro atoms. The maximum absolute atomic E-state index is 13.1. The number of aromatic nitrogens is 3. The van der Waals surface area contributed by atoms with E-state index in [0.29, 0.717) is 23.5 Å². The molecule has 8 heteroatoms. The Hall–Kier alpha value is -2.90. The molecule has 0 fully saturated rings. The fourth-order valence-electron chi connectivity index (χ4n) is 3.56. The van der Waals surface area contributed by atoms with E-state index in [2.05, 4.69) is 15.0 Å². The molecule has 0 aliphatic rings. The van der Waals surface area contributed by atoms with Gasteiger partial charge in [-0.15, -0.1) is 11.3 Å². The zero-order valence-corrected chi connectivity index (χ0v) is 18.3. The van der Waals surface area contributed by atoms with E-state index in [0.717, 1.165) is 27.2 Å². The van der Waals surface area contributed by atoms with Crippen LogP contribution in [0.4, 0.5) is 0 Å². The number of aryl methyl sites for hydroxylation is 2. The Labute approximate surface area is 182 Å². The maximum atomic E-state index is 13.1. The number of fused-ring (bicyclic) bond motifs is 1. The Balaban J connectivity index is 1.60. The molecular weight excluding hydrogens is 420 g/mol. The zero-order chi connectivity index (χ0) is 21.3. The number of amides is 1. The largest absolute Gasteiger partial charge is 0.350 e. The Kier molecular flexibility index (Phi) is 5.74. The topological polar surface area (TPSA) is 68.9 Å². The summed E-state index contributed by atoms with van der Waals surface area (Å²) in [6.45, 7) is 4.87. The van der Waals surface area contributed by atoms with Gasteiger partial charge in [-0.05, 0) is 43.0 Å². The van der Waals surface area contributed by atoms with E-state index in [-0.39, 0.29) is 18.0 Å². The van der Waals surface area contributed by atoms with E-state index in [4.69, 9.17) is 11.6 Å². The van der Waals surface area contributed by atoms with Crippen LogP contribution in [0.15, 0.2) is 52.8 Å². The maximum Gasteiger partial charge on any atom is 0.276 e. The average molecular weight is 441 g/mol. The summed E-state index contributed by atoms with van der Waals surface area (Å²) in [5.74, 6) is -0.243. The molecule has 0 saturated carbocycles. The number of benzene rings is 1. The molecule has 1 amide bonds. The second-order valence-electron chi connectivity index (χ2n) is 7.14. The number of hydrogen-bond donors (Lipinski definition) is 1. The van der Waals surface area contributed by atoms with Gasteiger partial charge in [-0.1, -0.05) is 29.8 Å². The van der Waals surface area contributed by atoms with Gasteiger partial charge >= 0.3 is 0 Å². The van der Waals surface area contributed by atoms with E-state index < -0.39 is 0 Å². The SMILES string of the molecule is Cc1c2cnn(CC(=O)NCc3cccs3)c(=O)c2c(C)n1Cc1ccc(Cl)cc1. The van der Waals surface area contributed by atoms with Crippen LogP contribution in [0.1, 0.15) is 21.8 Å². The van der Waals surface area contributed by atoms with Crippen molar-refractivity contribution in [2.45, 2.75) is 33.5 Å². The highest BCUT2D eigenvalue weighted by Gasteiger charge is 2.17. The minimum absolute atomic E-state index is 0.110. The van der Waals surface area contributed by atoms with Crippen molar-refractivity contribution in [3.05, 3.63) is 85.2 Å². The predicted molar refractivity (Wildman–Crippen MR) is 120 cm³/mol. The summed E-state index contributed by atoms with van der Waals surface area (Å²) in [6.07, 6.45) is 1.67. The molecule has 4 rings (SSSR count). The quantitative estimate of drug-likeness (QED) is 0.494. The predicted octanol–water partition coefficient (Wildman–Crippen LogP) is 3.89. The van der Waals surface area contributed by atoms with Crippen LogP contribution < -0.4 is 10.9 Å². The number of carbonyl (C=O) groups is 1. The van der Waals surface area contributed by atoms with Crippen LogP contribution in [0.2, 0.25) is 5.02 Å². The first-order chi connectivity index (χ1) is 14.4. The molecule has 154 valence electrons. The van der Waals surface area contributed by atoms with Crippen LogP contribution in [-0.2, 0) is 24.4 Å². The van der Waals surface area contributed by atoms with Gasteiger partial charge in [0, 0.05) is 33.2 Å². The third-order valence-corrected chi connectivity index (χ3v) is 6.32. The zero-order valence-electron chi connectivity index (χ0n) is 16.7. The van der Waals surface area contributed by atoms with Gasteiger partial charge in [0.05, 0.1) is 18.1 Å². The average Bonchev–Trinajstić information content (AvgIpc) is 3.33. The monoisotopic (exact) mass is 440 g/mol. The summed E-state index contributed by atoms with van der Waals surface area (Å²) in [4.78, 5) is 26.4. The van der Waals surface area contributed by atoms with Gasteiger partial charge in [0.25, 0.3) is 5.56 Å². The number of carbonyl (C=O) groups excluding carboxylic acids is 1. The Bertz CT molecular complexity index is 1260. The number of thiophene rings is 1. The summed E-state index contributed by atoms with van der Waals surface area (Å²) in [5.41, 5.74) is 2.66. The van der Waals surface area contributed by atoms with Gasteiger partial charge in [0.2, 0.25) is 5.91 Å². The molecule has 3 aromatic heterocycles. The van der Waals surface area contributed by atoms with Crippen LogP contribution >= 0.6 is 22.9 Å². The molecule has 1 aromatic carbocycles. The highest BCUT2D eigenvalue weighted by molar-refractivity contribution is 7.09. The summed E-state index contributed by atoms with van der Waals surface area (Å²) in [6, 6.07) is 11.5. The van der Waals surface area contributed by atoms with Crippen LogP contribution in [0, 0.1) is 13.8 Å². The number of halogens is 1. The van der Waals surface area contributed by atoms with Crippen molar-refractivity contribution in [2.75, 3.05) is 0 Å². The summed E-state index contributed by atoms with van der Waals surface area (Å²) in [5, 5.41) is 11.1. The summed E-state index contributed by atoms with van der Waals surface area (Å²) >= 11 is 7.56. The Morgan fingerprint density at radius 3 is 2.63 bits per heavy atom. The number of nitrogens with one attached hydrogen (secondary N) is 1. The third-order valence-electron chi connectivity index (χ3n) is 5.19. The van der Waals surface area contributed by atoms with E-state index in [9.17, 15) is 9.59 Å². The smallest absolute Gasteiger partial charge is 0.276 e. The molecule has 0 radical (unpaired) electrons. The van der Waals surface area contributed by atoms with Crippen LogP contribution in [-0.4, -0.2) is 20.3 Å². The first kappa shape index (κ1) is 20.4. The lowest BCUT2D eigenvalue weighted by molar-refractivity contribution is -0.122. The van der Waals surface area contributed by atoms with Crippen LogP contribution in [0.25, 0.3) is 10.8 Å². The van der Waals surface area contributed by atoms with Crippen molar-refractivity contribution in [3.63, 3.8) is 0 Å². The molecule has 1 N–H and O–H groups in total. The molecule has 0 atom stereocenters. The first-order valence-corrected chi connectivity index (χ1v) is 10.8. The van der Waals surface area contributed by atoms with E-state index in [1.165, 1.54) is 4.68 Å². The van der Waals surface area contributed by atoms with Gasteiger partial charge in [-0.3, -0.25) is 9.59 Å². The first-order valence-electron chi connectivity index (χ1n) is 9.53. The lowest BCUT2D eigenvalue weighted by atomic mass is 10.2. The van der Waals surface area contributed by atoms with E-state index in [1.54, 1.807) is 17.5 Å². The third kappa shape index (κ3) is 4.04. The summed E-state index contributed by atoms with van der Waals surface area (Å²) in [7, 11) is 0. The van der Waals surface area contributed by atoms with Crippen LogP contribution in [0.5, 0.6) is 0 Å². The van der Waals surface area contributed by atoms with Crippen molar-refractivity contribution in [1.82, 2.24) is 19.7 Å². The standard InChI is InChI=1S/C22H21ClN4O2S/c1-14-19-11-25-27(13-20(28)24-10-18-4-3-9-30-18)22(29)21(19)15(2)26(14)12-16-5-7-17(23)8-6-16/h3-9,11H,10,12-13H2,1-2H3,(H,24,28). The van der Waals surface area contributed by atoms with Gasteiger partial charge in [-0.2, -0.15) is 5.10 Å². The van der Waals surface area contributed by atoms with E-state index >= 15 is 0 Å². The van der Waals surface area contributed by atoms with Gasteiger partial charge in [-0.25, -0.2) is 4.68 Å². The normalized spacial score (nSPS) is 11.2. The van der Waals surface area contributed by atoms with Crippen LogP contribution in [0.3, 0.4) is 0 Å². The van der Waals surface area contributed by atoms with Gasteiger partial charge in [0.15, 0.2) is 0 Å². The van der Waals surface area contributed by atoms with Crippen molar-refractivity contribution in [3.8, 4) is 0 Å². The number of rotatable bonds is 6. The van der Waals surface area contributed by atoms with Crippen molar-refractivity contribution in [2.24, 2.45) is 0 Å². The summed E-state index contributed by atoms with van der Waals surface area (Å²) < 4.78 is 3.32. The van der Waals surface area contributed by atoms with E-state index in [1.807, 2.05) is 55.6 Å². The highest BCUT2D eigenvalue weighted by Crippen LogP contribution is 2.23. The van der Waals surface area contributed by atoms with Crippen molar-refractivity contribution < 1.29 is 4.79 Å². The number of hydrogen-bond acceptors (Lipinski definition) is 4. The van der Waals surface area contributed by atoms with Gasteiger partial charge in [0.1, 0.15) is 6.54 Å². The molecule has 0 unspecified atom stereocenters. The molecule has 30 heavy (non-hydrogen) atoms. The highest BCUT2D eigenvalue weighted by atomic mass is 35.5. The second kappa shape index (κ2) is 8.45. The lowest BCUT2D eigenvalue weighted by Gasteiger charge is -2.09. The molecule has 0 bridgehead atoms. The number of nitrogens with zero attached hydrogens (tertiary/aromatic N) is 3. The molecule has 0 aliphatic carbocycles. The molecule has 6 nitrogen and oxygen atoms in total. The molecule has 0 aliphatic heterocycles. The fraction of sp³-hybridized carbons (Fsp3) is 0.227. The molecule has 4 aromatic rings.